The Hall–Kier alpha value is -5.28. The number of fused-ring (bicyclic) bond motifs is 4. The van der Waals surface area contributed by atoms with Gasteiger partial charge in [0.15, 0.2) is 5.84 Å². The maximum absolute atomic E-state index is 6.14. The van der Waals surface area contributed by atoms with Crippen molar-refractivity contribution in [2.24, 2.45) is 15.9 Å². The van der Waals surface area contributed by atoms with Crippen molar-refractivity contribution in [2.75, 3.05) is 0 Å². The van der Waals surface area contributed by atoms with E-state index in [1.54, 1.807) is 0 Å². The third-order valence-electron chi connectivity index (χ3n) is 8.97. The highest BCUT2D eigenvalue weighted by Gasteiger charge is 2.24. The minimum Gasteiger partial charge on any atom is -0.456 e. The van der Waals surface area contributed by atoms with Gasteiger partial charge in [-0.3, -0.25) is 4.99 Å². The van der Waals surface area contributed by atoms with Crippen LogP contribution in [-0.2, 0) is 0 Å². The molecule has 212 valence electrons. The predicted molar refractivity (Wildman–Crippen MR) is 184 cm³/mol. The number of furan rings is 1. The van der Waals surface area contributed by atoms with Crippen LogP contribution in [0, 0.1) is 5.92 Å². The summed E-state index contributed by atoms with van der Waals surface area (Å²) in [5, 5.41) is 4.72. The lowest BCUT2D eigenvalue weighted by atomic mass is 9.87. The third kappa shape index (κ3) is 4.81. The average molecular weight is 569 g/mol. The van der Waals surface area contributed by atoms with Crippen LogP contribution < -0.4 is 0 Å². The minimum atomic E-state index is -0.00979. The Morgan fingerprint density at radius 2 is 1.30 bits per heavy atom. The molecule has 0 amide bonds. The van der Waals surface area contributed by atoms with Gasteiger partial charge in [-0.1, -0.05) is 122 Å². The van der Waals surface area contributed by atoms with Crippen molar-refractivity contribution in [1.29, 1.82) is 0 Å². The van der Waals surface area contributed by atoms with E-state index in [0.717, 1.165) is 57.5 Å². The Morgan fingerprint density at radius 3 is 2.16 bits per heavy atom. The molecule has 1 aliphatic rings. The Labute approximate surface area is 257 Å². The van der Waals surface area contributed by atoms with Crippen LogP contribution in [0.5, 0.6) is 0 Å². The van der Waals surface area contributed by atoms with Crippen LogP contribution in [0.25, 0.3) is 43.8 Å². The molecular formula is C41H32N2O. The van der Waals surface area contributed by atoms with Gasteiger partial charge in [0, 0.05) is 16.3 Å². The second kappa shape index (κ2) is 11.1. The van der Waals surface area contributed by atoms with E-state index in [-0.39, 0.29) is 6.04 Å². The van der Waals surface area contributed by atoms with Gasteiger partial charge >= 0.3 is 0 Å². The van der Waals surface area contributed by atoms with E-state index in [0.29, 0.717) is 5.92 Å². The molecule has 0 saturated heterocycles. The lowest BCUT2D eigenvalue weighted by molar-refractivity contribution is 0.446. The van der Waals surface area contributed by atoms with Gasteiger partial charge in [0.2, 0.25) is 0 Å². The topological polar surface area (TPSA) is 37.9 Å². The zero-order valence-electron chi connectivity index (χ0n) is 24.7. The maximum atomic E-state index is 6.14. The molecule has 2 atom stereocenters. The van der Waals surface area contributed by atoms with E-state index < -0.39 is 0 Å². The first kappa shape index (κ1) is 26.4. The second-order valence-electron chi connectivity index (χ2n) is 11.8. The van der Waals surface area contributed by atoms with E-state index in [4.69, 9.17) is 14.4 Å². The zero-order chi connectivity index (χ0) is 29.5. The SMILES string of the molecule is CC1CCC(c2ccccc2)=NC(c2ccc3oc4ccccc4c3c2)=NC1c1ccc(-c2cccc3ccccc23)cc1. The monoisotopic (exact) mass is 568 g/mol. The standard InChI is InChI=1S/C41H32N2O/c1-27-18-24-37(30-11-3-2-4-12-30)42-41(32-23-25-39-36(26-32)35-15-7-8-17-38(35)44-39)43-40(27)31-21-19-29(20-22-31)34-16-9-13-28-10-5-6-14-33(28)34/h2-17,19-23,25-27,40H,18,24H2,1H3. The zero-order valence-corrected chi connectivity index (χ0v) is 24.7. The van der Waals surface area contributed by atoms with Gasteiger partial charge in [0.05, 0.1) is 11.8 Å². The summed E-state index contributed by atoms with van der Waals surface area (Å²) < 4.78 is 6.14. The fraction of sp³-hybridized carbons (Fsp3) is 0.122. The van der Waals surface area contributed by atoms with Crippen LogP contribution in [0.15, 0.2) is 154 Å². The molecule has 6 aromatic carbocycles. The van der Waals surface area contributed by atoms with Crippen molar-refractivity contribution in [3.05, 3.63) is 156 Å². The summed E-state index contributed by atoms with van der Waals surface area (Å²) >= 11 is 0. The van der Waals surface area contributed by atoms with Gasteiger partial charge in [-0.15, -0.1) is 0 Å². The molecule has 0 bridgehead atoms. The van der Waals surface area contributed by atoms with E-state index in [2.05, 4.69) is 134 Å². The van der Waals surface area contributed by atoms with Crippen molar-refractivity contribution in [1.82, 2.24) is 0 Å². The van der Waals surface area contributed by atoms with Crippen LogP contribution in [0.2, 0.25) is 0 Å². The molecular weight excluding hydrogens is 536 g/mol. The van der Waals surface area contributed by atoms with Gasteiger partial charge in [-0.05, 0) is 76.1 Å². The molecule has 1 aromatic heterocycles. The first-order valence-electron chi connectivity index (χ1n) is 15.4. The highest BCUT2D eigenvalue weighted by Crippen LogP contribution is 2.36. The molecule has 0 fully saturated rings. The van der Waals surface area contributed by atoms with Crippen molar-refractivity contribution in [3.63, 3.8) is 0 Å². The van der Waals surface area contributed by atoms with E-state index in [1.165, 1.54) is 27.5 Å². The number of nitrogens with zero attached hydrogens (tertiary/aromatic N) is 2. The number of amidine groups is 1. The number of hydrogen-bond acceptors (Lipinski definition) is 3. The molecule has 3 heteroatoms. The second-order valence-corrected chi connectivity index (χ2v) is 11.8. The van der Waals surface area contributed by atoms with E-state index in [9.17, 15) is 0 Å². The molecule has 0 aliphatic carbocycles. The molecule has 0 N–H and O–H groups in total. The van der Waals surface area contributed by atoms with Crippen LogP contribution in [0.3, 0.4) is 0 Å². The fourth-order valence-corrected chi connectivity index (χ4v) is 6.58. The number of para-hydroxylation sites is 1. The van der Waals surface area contributed by atoms with Crippen LogP contribution in [0.4, 0.5) is 0 Å². The van der Waals surface area contributed by atoms with Gasteiger partial charge in [0.1, 0.15) is 11.2 Å². The summed E-state index contributed by atoms with van der Waals surface area (Å²) in [5.74, 6) is 1.10. The molecule has 0 saturated carbocycles. The molecule has 2 heterocycles. The number of benzene rings is 6. The molecule has 0 spiro atoms. The fourth-order valence-electron chi connectivity index (χ4n) is 6.58. The molecule has 2 unspecified atom stereocenters. The van der Waals surface area contributed by atoms with E-state index in [1.807, 2.05) is 12.1 Å². The molecule has 7 aromatic rings. The highest BCUT2D eigenvalue weighted by atomic mass is 16.3. The molecule has 1 aliphatic heterocycles. The van der Waals surface area contributed by atoms with E-state index >= 15 is 0 Å². The molecule has 8 rings (SSSR count). The lowest BCUT2D eigenvalue weighted by Gasteiger charge is -2.25. The van der Waals surface area contributed by atoms with Crippen LogP contribution >= 0.6 is 0 Å². The van der Waals surface area contributed by atoms with Crippen molar-refractivity contribution < 1.29 is 4.42 Å². The minimum absolute atomic E-state index is 0.00979. The maximum Gasteiger partial charge on any atom is 0.155 e. The number of hydrogen-bond donors (Lipinski definition) is 0. The van der Waals surface area contributed by atoms with Gasteiger partial charge < -0.3 is 4.42 Å². The van der Waals surface area contributed by atoms with Crippen molar-refractivity contribution in [3.8, 4) is 11.1 Å². The van der Waals surface area contributed by atoms with Gasteiger partial charge in [-0.25, -0.2) is 4.99 Å². The summed E-state index contributed by atoms with van der Waals surface area (Å²) in [6.45, 7) is 2.32. The smallest absolute Gasteiger partial charge is 0.155 e. The van der Waals surface area contributed by atoms with Crippen LogP contribution in [-0.4, -0.2) is 11.5 Å². The average Bonchev–Trinajstić information content (AvgIpc) is 3.45. The summed E-state index contributed by atoms with van der Waals surface area (Å²) in [6, 6.07) is 49.2. The summed E-state index contributed by atoms with van der Waals surface area (Å²) in [7, 11) is 0. The Kier molecular flexibility index (Phi) is 6.64. The Balaban J connectivity index is 1.25. The number of aliphatic imine (C=N–C) groups is 2. The third-order valence-corrected chi connectivity index (χ3v) is 8.97. The van der Waals surface area contributed by atoms with Crippen molar-refractivity contribution in [2.45, 2.75) is 25.8 Å². The first-order chi connectivity index (χ1) is 21.7. The lowest BCUT2D eigenvalue weighted by Crippen LogP contribution is -2.18. The summed E-state index contributed by atoms with van der Waals surface area (Å²) in [4.78, 5) is 10.7. The normalized spacial score (nSPS) is 17.3. The molecule has 44 heavy (non-hydrogen) atoms. The molecule has 0 radical (unpaired) electrons. The van der Waals surface area contributed by atoms with Gasteiger partial charge in [-0.2, -0.15) is 0 Å². The Morgan fingerprint density at radius 1 is 0.591 bits per heavy atom. The predicted octanol–water partition coefficient (Wildman–Crippen LogP) is 10.8. The van der Waals surface area contributed by atoms with Crippen molar-refractivity contribution >= 4 is 44.3 Å². The van der Waals surface area contributed by atoms with Gasteiger partial charge in [0.25, 0.3) is 0 Å². The highest BCUT2D eigenvalue weighted by molar-refractivity contribution is 6.15. The molecule has 3 nitrogen and oxygen atoms in total. The Bertz CT molecular complexity index is 2180. The summed E-state index contributed by atoms with van der Waals surface area (Å²) in [5.41, 5.74) is 8.69. The first-order valence-corrected chi connectivity index (χ1v) is 15.4. The summed E-state index contributed by atoms with van der Waals surface area (Å²) in [6.07, 6.45) is 1.90. The largest absolute Gasteiger partial charge is 0.456 e. The number of rotatable bonds is 4. The quantitative estimate of drug-likeness (QED) is 0.208. The van der Waals surface area contributed by atoms with Crippen LogP contribution in [0.1, 0.15) is 42.5 Å².